The van der Waals surface area contributed by atoms with Gasteiger partial charge >= 0.3 is 0 Å². The van der Waals surface area contributed by atoms with Crippen LogP contribution in [0, 0.1) is 0 Å². The summed E-state index contributed by atoms with van der Waals surface area (Å²) in [5, 5.41) is 0. The summed E-state index contributed by atoms with van der Waals surface area (Å²) in [4.78, 5) is 15.7. The molecule has 2 aromatic rings. The lowest BCUT2D eigenvalue weighted by atomic mass is 10.0. The van der Waals surface area contributed by atoms with Crippen molar-refractivity contribution in [3.63, 3.8) is 0 Å². The van der Waals surface area contributed by atoms with E-state index in [-0.39, 0.29) is 5.60 Å². The number of nitrogens with one attached hydrogen (secondary N) is 1. The van der Waals surface area contributed by atoms with Gasteiger partial charge in [-0.2, -0.15) is 0 Å². The number of aromatic amines is 1. The molecule has 1 fully saturated rings. The van der Waals surface area contributed by atoms with Crippen molar-refractivity contribution in [1.29, 1.82) is 0 Å². The molecular weight excluding hydrogens is 192 g/mol. The molecule has 5 nitrogen and oxygen atoms in total. The smallest absolute Gasteiger partial charge is 0.180 e. The first-order chi connectivity index (χ1) is 7.28. The molecule has 1 atom stereocenters. The van der Waals surface area contributed by atoms with Crippen molar-refractivity contribution in [2.75, 3.05) is 6.61 Å². The SMILES string of the molecule is CC1(c2nc3ncncc3[nH]2)CCCO1. The highest BCUT2D eigenvalue weighted by molar-refractivity contribution is 5.68. The van der Waals surface area contributed by atoms with Crippen molar-refractivity contribution in [1.82, 2.24) is 19.9 Å². The van der Waals surface area contributed by atoms with E-state index in [1.54, 1.807) is 6.20 Å². The Morgan fingerprint density at radius 2 is 2.47 bits per heavy atom. The van der Waals surface area contributed by atoms with Crippen LogP contribution in [-0.4, -0.2) is 26.5 Å². The number of aromatic nitrogens is 4. The molecule has 1 aliphatic heterocycles. The van der Waals surface area contributed by atoms with Gasteiger partial charge in [-0.3, -0.25) is 0 Å². The minimum atomic E-state index is -0.277. The number of fused-ring (bicyclic) bond motifs is 1. The molecule has 78 valence electrons. The van der Waals surface area contributed by atoms with Gasteiger partial charge in [0.15, 0.2) is 5.65 Å². The summed E-state index contributed by atoms with van der Waals surface area (Å²) < 4.78 is 5.71. The molecule has 1 N–H and O–H groups in total. The fourth-order valence-electron chi connectivity index (χ4n) is 1.98. The largest absolute Gasteiger partial charge is 0.367 e. The molecule has 1 saturated heterocycles. The van der Waals surface area contributed by atoms with E-state index in [9.17, 15) is 0 Å². The lowest BCUT2D eigenvalue weighted by molar-refractivity contribution is 0.0103. The molecule has 3 rings (SSSR count). The standard InChI is InChI=1S/C10H12N4O/c1-10(3-2-4-15-10)9-13-7-5-11-6-12-8(7)14-9/h5-6H,2-4H2,1H3,(H,11,12,13,14). The third-order valence-electron chi connectivity index (χ3n) is 2.88. The van der Waals surface area contributed by atoms with Gasteiger partial charge in [0.2, 0.25) is 0 Å². The zero-order valence-corrected chi connectivity index (χ0v) is 8.53. The first-order valence-electron chi connectivity index (χ1n) is 5.08. The van der Waals surface area contributed by atoms with E-state index >= 15 is 0 Å². The van der Waals surface area contributed by atoms with Crippen LogP contribution >= 0.6 is 0 Å². The highest BCUT2D eigenvalue weighted by Crippen LogP contribution is 2.34. The monoisotopic (exact) mass is 204 g/mol. The van der Waals surface area contributed by atoms with Crippen molar-refractivity contribution in [3.8, 4) is 0 Å². The molecule has 3 heterocycles. The number of nitrogens with zero attached hydrogens (tertiary/aromatic N) is 3. The van der Waals surface area contributed by atoms with E-state index < -0.39 is 0 Å². The summed E-state index contributed by atoms with van der Waals surface area (Å²) in [7, 11) is 0. The molecule has 5 heteroatoms. The Morgan fingerprint density at radius 1 is 1.53 bits per heavy atom. The van der Waals surface area contributed by atoms with Gasteiger partial charge in [-0.25, -0.2) is 15.0 Å². The molecule has 0 spiro atoms. The van der Waals surface area contributed by atoms with Crippen LogP contribution in [0.3, 0.4) is 0 Å². The lowest BCUT2D eigenvalue weighted by Gasteiger charge is -2.19. The quantitative estimate of drug-likeness (QED) is 0.762. The van der Waals surface area contributed by atoms with Gasteiger partial charge in [0.25, 0.3) is 0 Å². The zero-order valence-electron chi connectivity index (χ0n) is 8.53. The molecule has 0 saturated carbocycles. The van der Waals surface area contributed by atoms with E-state index in [2.05, 4.69) is 26.9 Å². The number of hydrogen-bond acceptors (Lipinski definition) is 4. The van der Waals surface area contributed by atoms with Crippen LogP contribution in [-0.2, 0) is 10.3 Å². The Hall–Kier alpha value is -1.49. The van der Waals surface area contributed by atoms with Crippen molar-refractivity contribution in [2.24, 2.45) is 0 Å². The van der Waals surface area contributed by atoms with E-state index in [4.69, 9.17) is 4.74 Å². The van der Waals surface area contributed by atoms with Gasteiger partial charge in [-0.15, -0.1) is 0 Å². The topological polar surface area (TPSA) is 63.7 Å². The summed E-state index contributed by atoms with van der Waals surface area (Å²) in [6.45, 7) is 2.87. The normalized spacial score (nSPS) is 26.2. The van der Waals surface area contributed by atoms with Gasteiger partial charge < -0.3 is 9.72 Å². The predicted octanol–water partition coefficient (Wildman–Crippen LogP) is 1.38. The van der Waals surface area contributed by atoms with E-state index in [1.165, 1.54) is 6.33 Å². The maximum atomic E-state index is 5.71. The highest BCUT2D eigenvalue weighted by Gasteiger charge is 2.34. The van der Waals surface area contributed by atoms with Gasteiger partial charge in [0.1, 0.15) is 23.3 Å². The average molecular weight is 204 g/mol. The molecule has 0 aromatic carbocycles. The Morgan fingerprint density at radius 3 is 3.20 bits per heavy atom. The average Bonchev–Trinajstić information content (AvgIpc) is 2.84. The van der Waals surface area contributed by atoms with Crippen molar-refractivity contribution >= 4 is 11.2 Å². The Labute approximate surface area is 86.9 Å². The van der Waals surface area contributed by atoms with Crippen LogP contribution in [0.15, 0.2) is 12.5 Å². The second-order valence-electron chi connectivity index (χ2n) is 4.03. The third-order valence-corrected chi connectivity index (χ3v) is 2.88. The van der Waals surface area contributed by atoms with Gasteiger partial charge in [0, 0.05) is 6.61 Å². The third kappa shape index (κ3) is 1.31. The van der Waals surface area contributed by atoms with Crippen LogP contribution in [0.25, 0.3) is 11.2 Å². The molecule has 0 radical (unpaired) electrons. The molecule has 0 aliphatic carbocycles. The fourth-order valence-corrected chi connectivity index (χ4v) is 1.98. The summed E-state index contributed by atoms with van der Waals surface area (Å²) in [6, 6.07) is 0. The second-order valence-corrected chi connectivity index (χ2v) is 4.03. The van der Waals surface area contributed by atoms with E-state index in [1.807, 2.05) is 0 Å². The second kappa shape index (κ2) is 3.00. The Balaban J connectivity index is 2.11. The lowest BCUT2D eigenvalue weighted by Crippen LogP contribution is -2.21. The van der Waals surface area contributed by atoms with Crippen molar-refractivity contribution < 1.29 is 4.74 Å². The fraction of sp³-hybridized carbons (Fsp3) is 0.500. The number of rotatable bonds is 1. The zero-order chi connectivity index (χ0) is 10.3. The van der Waals surface area contributed by atoms with E-state index in [0.29, 0.717) is 5.65 Å². The van der Waals surface area contributed by atoms with E-state index in [0.717, 1.165) is 30.8 Å². The van der Waals surface area contributed by atoms with Crippen molar-refractivity contribution in [3.05, 3.63) is 18.3 Å². The maximum Gasteiger partial charge on any atom is 0.180 e. The minimum absolute atomic E-state index is 0.277. The van der Waals surface area contributed by atoms with Gasteiger partial charge in [-0.1, -0.05) is 0 Å². The maximum absolute atomic E-state index is 5.71. The van der Waals surface area contributed by atoms with Crippen LogP contribution in [0.5, 0.6) is 0 Å². The van der Waals surface area contributed by atoms with Crippen LogP contribution in [0.2, 0.25) is 0 Å². The highest BCUT2D eigenvalue weighted by atomic mass is 16.5. The first kappa shape index (κ1) is 8.79. The van der Waals surface area contributed by atoms with Crippen LogP contribution in [0.4, 0.5) is 0 Å². The molecular formula is C10H12N4O. The number of hydrogen-bond donors (Lipinski definition) is 1. The predicted molar refractivity (Wildman–Crippen MR) is 54.2 cm³/mol. The Kier molecular flexibility index (Phi) is 1.76. The summed E-state index contributed by atoms with van der Waals surface area (Å²) in [5.74, 6) is 0.857. The molecule has 1 aliphatic rings. The summed E-state index contributed by atoms with van der Waals surface area (Å²) in [6.07, 6.45) is 5.32. The molecule has 0 amide bonds. The first-order valence-corrected chi connectivity index (χ1v) is 5.08. The molecule has 0 bridgehead atoms. The minimum Gasteiger partial charge on any atom is -0.367 e. The Bertz CT molecular complexity index is 454. The van der Waals surface area contributed by atoms with Gasteiger partial charge in [-0.05, 0) is 19.8 Å². The summed E-state index contributed by atoms with van der Waals surface area (Å²) >= 11 is 0. The number of imidazole rings is 1. The molecule has 15 heavy (non-hydrogen) atoms. The van der Waals surface area contributed by atoms with Crippen LogP contribution < -0.4 is 0 Å². The number of H-pyrrole nitrogens is 1. The summed E-state index contributed by atoms with van der Waals surface area (Å²) in [5.41, 5.74) is 1.29. The molecule has 2 aromatic heterocycles. The van der Waals surface area contributed by atoms with Crippen LogP contribution in [0.1, 0.15) is 25.6 Å². The van der Waals surface area contributed by atoms with Crippen molar-refractivity contribution in [2.45, 2.75) is 25.4 Å². The van der Waals surface area contributed by atoms with Gasteiger partial charge in [0.05, 0.1) is 6.20 Å². The molecule has 1 unspecified atom stereocenters. The number of ether oxygens (including phenoxy) is 1.